The Labute approximate surface area is 88.2 Å². The van der Waals surface area contributed by atoms with E-state index in [0.717, 1.165) is 0 Å². The standard InChI is InChI=1S/C9H17NO5/c1-9(14-4-5-15-9)6-7(8(12)13)10-2-3-11/h7,10-11H,2-6H2,1H3,(H,12,13). The predicted molar refractivity (Wildman–Crippen MR) is 51.4 cm³/mol. The van der Waals surface area contributed by atoms with Crippen molar-refractivity contribution in [3.63, 3.8) is 0 Å². The molecule has 15 heavy (non-hydrogen) atoms. The molecule has 0 aromatic rings. The highest BCUT2D eigenvalue weighted by Crippen LogP contribution is 2.24. The van der Waals surface area contributed by atoms with E-state index >= 15 is 0 Å². The lowest BCUT2D eigenvalue weighted by Crippen LogP contribution is -2.44. The fourth-order valence-corrected chi connectivity index (χ4v) is 1.53. The number of ether oxygens (including phenoxy) is 2. The Morgan fingerprint density at radius 1 is 1.53 bits per heavy atom. The van der Waals surface area contributed by atoms with E-state index in [9.17, 15) is 4.79 Å². The molecule has 0 amide bonds. The number of aliphatic hydroxyl groups excluding tert-OH is 1. The number of carboxylic acid groups (broad SMARTS) is 1. The lowest BCUT2D eigenvalue weighted by atomic mass is 10.1. The lowest BCUT2D eigenvalue weighted by molar-refractivity contribution is -0.163. The maximum Gasteiger partial charge on any atom is 0.320 e. The van der Waals surface area contributed by atoms with Crippen molar-refractivity contribution in [1.29, 1.82) is 0 Å². The zero-order valence-electron chi connectivity index (χ0n) is 8.73. The summed E-state index contributed by atoms with van der Waals surface area (Å²) in [4.78, 5) is 10.9. The minimum absolute atomic E-state index is 0.0950. The summed E-state index contributed by atoms with van der Waals surface area (Å²) in [6.45, 7) is 2.84. The molecule has 1 rings (SSSR count). The Hall–Kier alpha value is -0.690. The molecule has 1 fully saturated rings. The highest BCUT2D eigenvalue weighted by atomic mass is 16.7. The Kier molecular flexibility index (Phi) is 4.46. The maximum absolute atomic E-state index is 10.9. The summed E-state index contributed by atoms with van der Waals surface area (Å²) >= 11 is 0. The molecule has 6 nitrogen and oxygen atoms in total. The van der Waals surface area contributed by atoms with Crippen LogP contribution in [0.2, 0.25) is 0 Å². The van der Waals surface area contributed by atoms with Crippen LogP contribution in [-0.2, 0) is 14.3 Å². The molecular formula is C9H17NO5. The van der Waals surface area contributed by atoms with Crippen molar-refractivity contribution >= 4 is 5.97 Å². The lowest BCUT2D eigenvalue weighted by Gasteiger charge is -2.26. The van der Waals surface area contributed by atoms with Gasteiger partial charge < -0.3 is 25.0 Å². The average molecular weight is 219 g/mol. The third-order valence-electron chi connectivity index (χ3n) is 2.27. The van der Waals surface area contributed by atoms with E-state index in [1.54, 1.807) is 6.92 Å². The molecule has 0 saturated carbocycles. The third kappa shape index (κ3) is 3.75. The third-order valence-corrected chi connectivity index (χ3v) is 2.27. The second kappa shape index (κ2) is 5.41. The van der Waals surface area contributed by atoms with Crippen molar-refractivity contribution in [1.82, 2.24) is 5.32 Å². The zero-order valence-corrected chi connectivity index (χ0v) is 8.73. The minimum Gasteiger partial charge on any atom is -0.480 e. The van der Waals surface area contributed by atoms with Crippen LogP contribution >= 0.6 is 0 Å². The summed E-state index contributed by atoms with van der Waals surface area (Å²) in [5.41, 5.74) is 0. The number of nitrogens with one attached hydrogen (secondary N) is 1. The van der Waals surface area contributed by atoms with Crippen LogP contribution in [0.15, 0.2) is 0 Å². The number of hydrogen-bond acceptors (Lipinski definition) is 5. The Morgan fingerprint density at radius 2 is 2.13 bits per heavy atom. The number of carboxylic acids is 1. The van der Waals surface area contributed by atoms with Crippen molar-refractivity contribution < 1.29 is 24.5 Å². The van der Waals surface area contributed by atoms with E-state index in [4.69, 9.17) is 19.7 Å². The van der Waals surface area contributed by atoms with Gasteiger partial charge in [0.15, 0.2) is 5.79 Å². The first-order valence-corrected chi connectivity index (χ1v) is 4.92. The van der Waals surface area contributed by atoms with Gasteiger partial charge in [0.25, 0.3) is 0 Å². The molecule has 6 heteroatoms. The van der Waals surface area contributed by atoms with Gasteiger partial charge in [-0.15, -0.1) is 0 Å². The van der Waals surface area contributed by atoms with Gasteiger partial charge in [0.1, 0.15) is 6.04 Å². The molecule has 1 atom stereocenters. The minimum atomic E-state index is -0.969. The van der Waals surface area contributed by atoms with E-state index in [-0.39, 0.29) is 19.6 Å². The van der Waals surface area contributed by atoms with Crippen LogP contribution in [0.1, 0.15) is 13.3 Å². The van der Waals surface area contributed by atoms with Crippen molar-refractivity contribution in [3.8, 4) is 0 Å². The molecule has 3 N–H and O–H groups in total. The van der Waals surface area contributed by atoms with Crippen LogP contribution < -0.4 is 5.32 Å². The van der Waals surface area contributed by atoms with Crippen molar-refractivity contribution in [2.45, 2.75) is 25.2 Å². The summed E-state index contributed by atoms with van der Waals surface area (Å²) in [5, 5.41) is 20.2. The summed E-state index contributed by atoms with van der Waals surface area (Å²) in [5.74, 6) is -1.80. The molecule has 0 aliphatic carbocycles. The Bertz CT molecular complexity index is 215. The van der Waals surface area contributed by atoms with Crippen molar-refractivity contribution in [2.24, 2.45) is 0 Å². The summed E-state index contributed by atoms with van der Waals surface area (Å²) in [6, 6.07) is -0.764. The van der Waals surface area contributed by atoms with E-state index < -0.39 is 17.8 Å². The van der Waals surface area contributed by atoms with Gasteiger partial charge in [-0.1, -0.05) is 0 Å². The molecule has 0 radical (unpaired) electrons. The first-order chi connectivity index (χ1) is 7.07. The zero-order chi connectivity index (χ0) is 11.3. The summed E-state index contributed by atoms with van der Waals surface area (Å²) < 4.78 is 10.6. The molecule has 1 aliphatic rings. The number of aliphatic hydroxyl groups is 1. The summed E-state index contributed by atoms with van der Waals surface area (Å²) in [7, 11) is 0. The van der Waals surface area contributed by atoms with Gasteiger partial charge in [-0.3, -0.25) is 4.79 Å². The smallest absolute Gasteiger partial charge is 0.320 e. The largest absolute Gasteiger partial charge is 0.480 e. The average Bonchev–Trinajstić information content (AvgIpc) is 2.59. The van der Waals surface area contributed by atoms with Gasteiger partial charge in [-0.2, -0.15) is 0 Å². The van der Waals surface area contributed by atoms with Crippen molar-refractivity contribution in [3.05, 3.63) is 0 Å². The molecule has 1 aliphatic heterocycles. The quantitative estimate of drug-likeness (QED) is 0.540. The molecule has 88 valence electrons. The van der Waals surface area contributed by atoms with Crippen molar-refractivity contribution in [2.75, 3.05) is 26.4 Å². The fourth-order valence-electron chi connectivity index (χ4n) is 1.53. The van der Waals surface area contributed by atoms with Crippen LogP contribution in [0.3, 0.4) is 0 Å². The Balaban J connectivity index is 2.46. The van der Waals surface area contributed by atoms with E-state index in [1.807, 2.05) is 0 Å². The predicted octanol–water partition coefficient (Wildman–Crippen LogP) is -0.825. The molecular weight excluding hydrogens is 202 g/mol. The molecule has 0 spiro atoms. The van der Waals surface area contributed by atoms with E-state index in [2.05, 4.69) is 5.32 Å². The Morgan fingerprint density at radius 3 is 2.60 bits per heavy atom. The topological polar surface area (TPSA) is 88.0 Å². The first kappa shape index (κ1) is 12.4. The highest BCUT2D eigenvalue weighted by molar-refractivity contribution is 5.73. The van der Waals surface area contributed by atoms with E-state index in [1.165, 1.54) is 0 Å². The van der Waals surface area contributed by atoms with Gasteiger partial charge in [-0.25, -0.2) is 0 Å². The fraction of sp³-hybridized carbons (Fsp3) is 0.889. The normalized spacial score (nSPS) is 21.5. The maximum atomic E-state index is 10.9. The second-order valence-electron chi connectivity index (χ2n) is 3.60. The molecule has 1 saturated heterocycles. The molecule has 0 aromatic carbocycles. The van der Waals surface area contributed by atoms with Crippen LogP contribution in [0.4, 0.5) is 0 Å². The van der Waals surface area contributed by atoms with Crippen LogP contribution in [0.25, 0.3) is 0 Å². The monoisotopic (exact) mass is 219 g/mol. The number of carbonyl (C=O) groups is 1. The highest BCUT2D eigenvalue weighted by Gasteiger charge is 2.36. The first-order valence-electron chi connectivity index (χ1n) is 4.92. The molecule has 1 unspecified atom stereocenters. The molecule has 0 aromatic heterocycles. The van der Waals surface area contributed by atoms with Gasteiger partial charge in [-0.05, 0) is 6.92 Å². The number of hydrogen-bond donors (Lipinski definition) is 3. The van der Waals surface area contributed by atoms with Crippen LogP contribution in [0.5, 0.6) is 0 Å². The van der Waals surface area contributed by atoms with Gasteiger partial charge >= 0.3 is 5.97 Å². The SMILES string of the molecule is CC1(CC(NCCO)C(=O)O)OCCO1. The van der Waals surface area contributed by atoms with Crippen LogP contribution in [0, 0.1) is 0 Å². The summed E-state index contributed by atoms with van der Waals surface area (Å²) in [6.07, 6.45) is 0.225. The van der Waals surface area contributed by atoms with Crippen LogP contribution in [-0.4, -0.2) is 54.4 Å². The molecule has 1 heterocycles. The number of rotatable bonds is 6. The number of aliphatic carboxylic acids is 1. The molecule has 0 bridgehead atoms. The second-order valence-corrected chi connectivity index (χ2v) is 3.60. The van der Waals surface area contributed by atoms with Gasteiger partial charge in [0.2, 0.25) is 0 Å². The van der Waals surface area contributed by atoms with E-state index in [0.29, 0.717) is 13.2 Å². The van der Waals surface area contributed by atoms with Gasteiger partial charge in [0.05, 0.1) is 19.8 Å². The van der Waals surface area contributed by atoms with Gasteiger partial charge in [0, 0.05) is 13.0 Å².